The molecule has 3 atom stereocenters. The second-order valence-corrected chi connectivity index (χ2v) is 6.51. The number of fused-ring (bicyclic) bond motifs is 2. The topological polar surface area (TPSA) is 57.6 Å². The molecule has 2 bridgehead atoms. The Bertz CT molecular complexity index is 586. The Balaban J connectivity index is 1.88. The van der Waals surface area contributed by atoms with Gasteiger partial charge in [-0.1, -0.05) is 22.0 Å². The van der Waals surface area contributed by atoms with Gasteiger partial charge < -0.3 is 10.0 Å². The summed E-state index contributed by atoms with van der Waals surface area (Å²) >= 11 is 3.44. The number of carbonyl (C=O) groups is 2. The normalized spacial score (nSPS) is 27.9. The molecule has 1 amide bonds. The third-order valence-electron chi connectivity index (χ3n) is 4.51. The lowest BCUT2D eigenvalue weighted by molar-refractivity contribution is -0.142. The number of carboxylic acid groups (broad SMARTS) is 1. The second-order valence-electron chi connectivity index (χ2n) is 5.66. The highest BCUT2D eigenvalue weighted by Gasteiger charge is 2.51. The SMILES string of the molecule is Cc1ccc(C(=O)N2C3CCC2C(C(=O)O)C3)cc1Br. The van der Waals surface area contributed by atoms with Crippen LogP contribution in [0, 0.1) is 12.8 Å². The second kappa shape index (κ2) is 4.88. The van der Waals surface area contributed by atoms with Crippen LogP contribution in [0.1, 0.15) is 35.2 Å². The molecule has 0 aliphatic carbocycles. The van der Waals surface area contributed by atoms with Crippen molar-refractivity contribution >= 4 is 27.8 Å². The number of aryl methyl sites for hydroxylation is 1. The number of aliphatic carboxylic acids is 1. The number of amides is 1. The fourth-order valence-electron chi connectivity index (χ4n) is 3.45. The van der Waals surface area contributed by atoms with E-state index in [1.807, 2.05) is 25.1 Å². The van der Waals surface area contributed by atoms with Gasteiger partial charge in [0, 0.05) is 22.1 Å². The molecule has 1 aromatic rings. The Labute approximate surface area is 125 Å². The van der Waals surface area contributed by atoms with Crippen LogP contribution in [0.25, 0.3) is 0 Å². The zero-order chi connectivity index (χ0) is 14.4. The third kappa shape index (κ3) is 2.04. The molecule has 5 heteroatoms. The molecule has 3 unspecified atom stereocenters. The van der Waals surface area contributed by atoms with E-state index in [9.17, 15) is 14.7 Å². The summed E-state index contributed by atoms with van der Waals surface area (Å²) in [6, 6.07) is 5.50. The molecule has 20 heavy (non-hydrogen) atoms. The third-order valence-corrected chi connectivity index (χ3v) is 5.36. The van der Waals surface area contributed by atoms with Crippen molar-refractivity contribution in [2.75, 3.05) is 0 Å². The summed E-state index contributed by atoms with van der Waals surface area (Å²) in [7, 11) is 0. The predicted molar refractivity (Wildman–Crippen MR) is 77.6 cm³/mol. The van der Waals surface area contributed by atoms with E-state index in [4.69, 9.17) is 0 Å². The summed E-state index contributed by atoms with van der Waals surface area (Å²) in [5.41, 5.74) is 1.71. The number of carboxylic acids is 1. The number of benzene rings is 1. The Kier molecular flexibility index (Phi) is 3.32. The average molecular weight is 338 g/mol. The lowest BCUT2D eigenvalue weighted by atomic mass is 9.89. The number of hydrogen-bond acceptors (Lipinski definition) is 2. The molecule has 4 nitrogen and oxygen atoms in total. The van der Waals surface area contributed by atoms with Crippen molar-refractivity contribution < 1.29 is 14.7 Å². The van der Waals surface area contributed by atoms with Crippen molar-refractivity contribution in [3.8, 4) is 0 Å². The first-order valence-electron chi connectivity index (χ1n) is 6.80. The van der Waals surface area contributed by atoms with E-state index in [2.05, 4.69) is 15.9 Å². The van der Waals surface area contributed by atoms with Crippen LogP contribution in [0.5, 0.6) is 0 Å². The molecule has 0 aromatic heterocycles. The summed E-state index contributed by atoms with van der Waals surface area (Å²) in [5, 5.41) is 9.24. The molecule has 2 heterocycles. The number of hydrogen-bond donors (Lipinski definition) is 1. The number of halogens is 1. The van der Waals surface area contributed by atoms with Crippen LogP contribution in [-0.2, 0) is 4.79 Å². The van der Waals surface area contributed by atoms with Crippen LogP contribution in [0.2, 0.25) is 0 Å². The van der Waals surface area contributed by atoms with Crippen molar-refractivity contribution in [1.82, 2.24) is 4.90 Å². The van der Waals surface area contributed by atoms with E-state index in [1.54, 1.807) is 4.90 Å². The first kappa shape index (κ1) is 13.6. The molecule has 1 aromatic carbocycles. The van der Waals surface area contributed by atoms with Gasteiger partial charge in [-0.25, -0.2) is 0 Å². The van der Waals surface area contributed by atoms with Gasteiger partial charge in [0.25, 0.3) is 5.91 Å². The zero-order valence-electron chi connectivity index (χ0n) is 11.2. The first-order chi connectivity index (χ1) is 9.49. The molecular weight excluding hydrogens is 322 g/mol. The van der Waals surface area contributed by atoms with Crippen LogP contribution >= 0.6 is 15.9 Å². The zero-order valence-corrected chi connectivity index (χ0v) is 12.8. The van der Waals surface area contributed by atoms with Gasteiger partial charge in [-0.05, 0) is 43.9 Å². The number of rotatable bonds is 2. The van der Waals surface area contributed by atoms with Crippen molar-refractivity contribution in [2.45, 2.75) is 38.3 Å². The lowest BCUT2D eigenvalue weighted by Gasteiger charge is -2.23. The van der Waals surface area contributed by atoms with Crippen molar-refractivity contribution in [3.05, 3.63) is 33.8 Å². The highest BCUT2D eigenvalue weighted by molar-refractivity contribution is 9.10. The summed E-state index contributed by atoms with van der Waals surface area (Å²) in [5.74, 6) is -1.21. The average Bonchev–Trinajstić information content (AvgIpc) is 2.98. The van der Waals surface area contributed by atoms with Crippen molar-refractivity contribution in [1.29, 1.82) is 0 Å². The van der Waals surface area contributed by atoms with Crippen molar-refractivity contribution in [3.63, 3.8) is 0 Å². The molecule has 0 saturated carbocycles. The van der Waals surface area contributed by atoms with Gasteiger partial charge in [0.15, 0.2) is 0 Å². The van der Waals surface area contributed by atoms with Gasteiger partial charge in [-0.15, -0.1) is 0 Å². The van der Waals surface area contributed by atoms with Crippen LogP contribution < -0.4 is 0 Å². The van der Waals surface area contributed by atoms with E-state index < -0.39 is 11.9 Å². The molecule has 3 rings (SSSR count). The van der Waals surface area contributed by atoms with Crippen LogP contribution in [0.3, 0.4) is 0 Å². The van der Waals surface area contributed by atoms with E-state index in [0.717, 1.165) is 22.9 Å². The predicted octanol–water partition coefficient (Wildman–Crippen LogP) is 2.84. The number of carbonyl (C=O) groups excluding carboxylic acids is 1. The van der Waals surface area contributed by atoms with E-state index in [0.29, 0.717) is 12.0 Å². The van der Waals surface area contributed by atoms with Gasteiger partial charge in [0.05, 0.1) is 5.92 Å². The standard InChI is InChI=1S/C15H16BrNO3/c1-8-2-3-9(6-12(8)16)14(18)17-10-4-5-13(17)11(7-10)15(19)20/h2-3,6,10-11,13H,4-5,7H2,1H3,(H,19,20). The first-order valence-corrected chi connectivity index (χ1v) is 7.60. The smallest absolute Gasteiger partial charge is 0.308 e. The van der Waals surface area contributed by atoms with E-state index in [-0.39, 0.29) is 18.0 Å². The maximum absolute atomic E-state index is 12.7. The largest absolute Gasteiger partial charge is 0.481 e. The molecule has 1 N–H and O–H groups in total. The molecule has 2 saturated heterocycles. The van der Waals surface area contributed by atoms with Gasteiger partial charge in [-0.3, -0.25) is 9.59 Å². The maximum Gasteiger partial charge on any atom is 0.308 e. The Morgan fingerprint density at radius 1 is 1.35 bits per heavy atom. The fraction of sp³-hybridized carbons (Fsp3) is 0.467. The van der Waals surface area contributed by atoms with E-state index in [1.165, 1.54) is 0 Å². The summed E-state index contributed by atoms with van der Waals surface area (Å²) < 4.78 is 0.907. The Morgan fingerprint density at radius 3 is 2.70 bits per heavy atom. The molecule has 2 fully saturated rings. The molecule has 106 valence electrons. The van der Waals surface area contributed by atoms with E-state index >= 15 is 0 Å². The molecule has 2 aliphatic rings. The summed E-state index contributed by atoms with van der Waals surface area (Å²) in [6.07, 6.45) is 2.33. The highest BCUT2D eigenvalue weighted by atomic mass is 79.9. The van der Waals surface area contributed by atoms with Crippen LogP contribution in [0.15, 0.2) is 22.7 Å². The fourth-order valence-corrected chi connectivity index (χ4v) is 3.82. The quantitative estimate of drug-likeness (QED) is 0.902. The van der Waals surface area contributed by atoms with Gasteiger partial charge in [-0.2, -0.15) is 0 Å². The van der Waals surface area contributed by atoms with Crippen molar-refractivity contribution in [2.24, 2.45) is 5.92 Å². The van der Waals surface area contributed by atoms with Gasteiger partial charge in [0.1, 0.15) is 0 Å². The van der Waals surface area contributed by atoms with Gasteiger partial charge >= 0.3 is 5.97 Å². The van der Waals surface area contributed by atoms with Crippen LogP contribution in [-0.4, -0.2) is 34.0 Å². The molecule has 0 spiro atoms. The minimum atomic E-state index is -0.778. The summed E-state index contributed by atoms with van der Waals surface area (Å²) in [4.78, 5) is 25.7. The monoisotopic (exact) mass is 337 g/mol. The molecule has 2 aliphatic heterocycles. The minimum absolute atomic E-state index is 0.0399. The lowest BCUT2D eigenvalue weighted by Crippen LogP contribution is -2.37. The Morgan fingerprint density at radius 2 is 2.10 bits per heavy atom. The highest BCUT2D eigenvalue weighted by Crippen LogP contribution is 2.42. The molecular formula is C15H16BrNO3. The number of nitrogens with zero attached hydrogens (tertiary/aromatic N) is 1. The Hall–Kier alpha value is -1.36. The molecule has 0 radical (unpaired) electrons. The maximum atomic E-state index is 12.7. The summed E-state index contributed by atoms with van der Waals surface area (Å²) in [6.45, 7) is 1.97. The van der Waals surface area contributed by atoms with Crippen LogP contribution in [0.4, 0.5) is 0 Å². The van der Waals surface area contributed by atoms with Gasteiger partial charge in [0.2, 0.25) is 0 Å². The minimum Gasteiger partial charge on any atom is -0.481 e.